The molecule has 1 aliphatic rings. The summed E-state index contributed by atoms with van der Waals surface area (Å²) in [5.74, 6) is 0. The Morgan fingerprint density at radius 1 is 1.35 bits per heavy atom. The van der Waals surface area contributed by atoms with Crippen molar-refractivity contribution in [3.05, 3.63) is 34.9 Å². The molecule has 1 aromatic carbocycles. The minimum absolute atomic E-state index is 0.0396. The van der Waals surface area contributed by atoms with E-state index in [-0.39, 0.29) is 11.7 Å². The van der Waals surface area contributed by atoms with Crippen molar-refractivity contribution in [2.24, 2.45) is 0 Å². The second-order valence-corrected chi connectivity index (χ2v) is 5.06. The van der Waals surface area contributed by atoms with E-state index < -0.39 is 0 Å². The van der Waals surface area contributed by atoms with E-state index in [1.807, 2.05) is 18.2 Å². The van der Waals surface area contributed by atoms with Gasteiger partial charge in [-0.05, 0) is 18.9 Å². The highest BCUT2D eigenvalue weighted by molar-refractivity contribution is 6.31. The molecule has 0 saturated carbocycles. The highest BCUT2D eigenvalue weighted by Gasteiger charge is 2.35. The van der Waals surface area contributed by atoms with Crippen molar-refractivity contribution in [2.75, 3.05) is 13.1 Å². The van der Waals surface area contributed by atoms with Crippen molar-refractivity contribution in [2.45, 2.75) is 38.4 Å². The van der Waals surface area contributed by atoms with Crippen molar-refractivity contribution >= 4 is 11.6 Å². The van der Waals surface area contributed by atoms with Crippen LogP contribution in [0.5, 0.6) is 0 Å². The summed E-state index contributed by atoms with van der Waals surface area (Å²) in [5.41, 5.74) is 1.05. The van der Waals surface area contributed by atoms with E-state index in [1.165, 1.54) is 0 Å². The number of hydrogen-bond donors (Lipinski definition) is 1. The van der Waals surface area contributed by atoms with Gasteiger partial charge in [0.05, 0.1) is 11.7 Å². The Kier molecular flexibility index (Phi) is 4.08. The first-order chi connectivity index (χ1) is 8.21. The minimum atomic E-state index is -0.0396. The Balaban J connectivity index is 2.20. The fourth-order valence-electron chi connectivity index (χ4n) is 2.39. The summed E-state index contributed by atoms with van der Waals surface area (Å²) in [5, 5.41) is 4.26. The van der Waals surface area contributed by atoms with E-state index in [9.17, 15) is 0 Å². The molecule has 1 saturated heterocycles. The van der Waals surface area contributed by atoms with Crippen LogP contribution in [0, 0.1) is 0 Å². The van der Waals surface area contributed by atoms with Gasteiger partial charge in [0, 0.05) is 23.7 Å². The van der Waals surface area contributed by atoms with Crippen LogP contribution in [0.1, 0.15) is 38.4 Å². The Hall–Kier alpha value is -0.570. The first kappa shape index (κ1) is 12.9. The van der Waals surface area contributed by atoms with E-state index in [0.29, 0.717) is 0 Å². The van der Waals surface area contributed by atoms with Crippen LogP contribution in [-0.4, -0.2) is 18.7 Å². The highest BCUT2D eigenvalue weighted by atomic mass is 35.5. The maximum absolute atomic E-state index is 6.29. The predicted octanol–water partition coefficient (Wildman–Crippen LogP) is 3.56. The van der Waals surface area contributed by atoms with Gasteiger partial charge in [-0.15, -0.1) is 0 Å². The Bertz CT molecular complexity index is 376. The van der Waals surface area contributed by atoms with E-state index in [2.05, 4.69) is 25.2 Å². The molecule has 0 radical (unpaired) electrons. The third kappa shape index (κ3) is 2.65. The Morgan fingerprint density at radius 2 is 2.06 bits per heavy atom. The van der Waals surface area contributed by atoms with Gasteiger partial charge < -0.3 is 10.1 Å². The molecule has 0 aliphatic carbocycles. The molecule has 1 atom stereocenters. The molecule has 1 heterocycles. The molecule has 94 valence electrons. The fourth-order valence-corrected chi connectivity index (χ4v) is 2.65. The predicted molar refractivity (Wildman–Crippen MR) is 71.5 cm³/mol. The van der Waals surface area contributed by atoms with Gasteiger partial charge in [-0.25, -0.2) is 0 Å². The lowest BCUT2D eigenvalue weighted by Gasteiger charge is -2.41. The summed E-state index contributed by atoms with van der Waals surface area (Å²) in [6, 6.07) is 7.94. The van der Waals surface area contributed by atoms with Crippen molar-refractivity contribution in [1.82, 2.24) is 5.32 Å². The van der Waals surface area contributed by atoms with E-state index >= 15 is 0 Å². The normalized spacial score (nSPS) is 23.6. The van der Waals surface area contributed by atoms with Crippen molar-refractivity contribution in [3.8, 4) is 0 Å². The molecule has 0 bridgehead atoms. The minimum Gasteiger partial charge on any atom is -0.364 e. The zero-order chi connectivity index (χ0) is 12.3. The summed E-state index contributed by atoms with van der Waals surface area (Å²) in [7, 11) is 0. The molecule has 1 fully saturated rings. The van der Waals surface area contributed by atoms with Crippen LogP contribution < -0.4 is 5.32 Å². The Morgan fingerprint density at radius 3 is 2.71 bits per heavy atom. The van der Waals surface area contributed by atoms with E-state index in [1.54, 1.807) is 0 Å². The van der Waals surface area contributed by atoms with E-state index in [4.69, 9.17) is 16.3 Å². The average Bonchev–Trinajstić information content (AvgIpc) is 2.39. The third-order valence-electron chi connectivity index (χ3n) is 3.71. The van der Waals surface area contributed by atoms with Crippen LogP contribution in [0.3, 0.4) is 0 Å². The topological polar surface area (TPSA) is 21.3 Å². The molecule has 2 rings (SSSR count). The molecule has 0 spiro atoms. The lowest BCUT2D eigenvalue weighted by Crippen LogP contribution is -2.50. The zero-order valence-electron chi connectivity index (χ0n) is 10.5. The number of hydrogen-bond acceptors (Lipinski definition) is 2. The lowest BCUT2D eigenvalue weighted by molar-refractivity contribution is -0.122. The largest absolute Gasteiger partial charge is 0.364 e. The van der Waals surface area contributed by atoms with Gasteiger partial charge >= 0.3 is 0 Å². The van der Waals surface area contributed by atoms with Crippen molar-refractivity contribution < 1.29 is 4.74 Å². The highest BCUT2D eigenvalue weighted by Crippen LogP contribution is 2.34. The standard InChI is InChI=1S/C14H20ClNO/c1-3-14(4-2)10-16-9-13(17-14)11-7-5-6-8-12(11)15/h5-8,13,16H,3-4,9-10H2,1-2H3. The summed E-state index contributed by atoms with van der Waals surface area (Å²) in [6.45, 7) is 6.13. The van der Waals surface area contributed by atoms with Gasteiger partial charge in [-0.3, -0.25) is 0 Å². The van der Waals surface area contributed by atoms with Crippen LogP contribution in [0.15, 0.2) is 24.3 Å². The number of halogens is 1. The SMILES string of the molecule is CCC1(CC)CNCC(c2ccccc2Cl)O1. The zero-order valence-corrected chi connectivity index (χ0v) is 11.3. The van der Waals surface area contributed by atoms with Gasteiger partial charge in [0.2, 0.25) is 0 Å². The summed E-state index contributed by atoms with van der Waals surface area (Å²) in [4.78, 5) is 0. The van der Waals surface area contributed by atoms with Gasteiger partial charge in [0.15, 0.2) is 0 Å². The second kappa shape index (κ2) is 5.38. The lowest BCUT2D eigenvalue weighted by atomic mass is 9.93. The van der Waals surface area contributed by atoms with Gasteiger partial charge in [0.1, 0.15) is 0 Å². The maximum atomic E-state index is 6.29. The molecule has 17 heavy (non-hydrogen) atoms. The van der Waals surface area contributed by atoms with E-state index in [0.717, 1.165) is 36.5 Å². The first-order valence-corrected chi connectivity index (χ1v) is 6.71. The molecular formula is C14H20ClNO. The summed E-state index contributed by atoms with van der Waals surface area (Å²) >= 11 is 6.23. The van der Waals surface area contributed by atoms with Crippen LogP contribution in [-0.2, 0) is 4.74 Å². The average molecular weight is 254 g/mol. The monoisotopic (exact) mass is 253 g/mol. The number of morpholine rings is 1. The van der Waals surface area contributed by atoms with Crippen molar-refractivity contribution in [3.63, 3.8) is 0 Å². The Labute approximate surface area is 108 Å². The molecule has 1 aliphatic heterocycles. The van der Waals surface area contributed by atoms with Gasteiger partial charge in [-0.1, -0.05) is 43.6 Å². The second-order valence-electron chi connectivity index (χ2n) is 4.65. The number of rotatable bonds is 3. The number of benzene rings is 1. The third-order valence-corrected chi connectivity index (χ3v) is 4.05. The number of ether oxygens (including phenoxy) is 1. The smallest absolute Gasteiger partial charge is 0.0971 e. The fraction of sp³-hybridized carbons (Fsp3) is 0.571. The quantitative estimate of drug-likeness (QED) is 0.889. The molecule has 1 unspecified atom stereocenters. The number of nitrogens with one attached hydrogen (secondary N) is 1. The molecule has 1 N–H and O–H groups in total. The van der Waals surface area contributed by atoms with Crippen LogP contribution in [0.2, 0.25) is 5.02 Å². The molecule has 0 amide bonds. The van der Waals surface area contributed by atoms with Crippen molar-refractivity contribution in [1.29, 1.82) is 0 Å². The maximum Gasteiger partial charge on any atom is 0.0971 e. The van der Waals surface area contributed by atoms with Crippen LogP contribution >= 0.6 is 11.6 Å². The molecule has 3 heteroatoms. The molecule has 2 nitrogen and oxygen atoms in total. The van der Waals surface area contributed by atoms with Gasteiger partial charge in [-0.2, -0.15) is 0 Å². The van der Waals surface area contributed by atoms with Gasteiger partial charge in [0.25, 0.3) is 0 Å². The molecule has 0 aromatic heterocycles. The summed E-state index contributed by atoms with van der Waals surface area (Å²) < 4.78 is 6.29. The van der Waals surface area contributed by atoms with Crippen LogP contribution in [0.25, 0.3) is 0 Å². The van der Waals surface area contributed by atoms with Crippen LogP contribution in [0.4, 0.5) is 0 Å². The first-order valence-electron chi connectivity index (χ1n) is 6.34. The summed E-state index contributed by atoms with van der Waals surface area (Å²) in [6.07, 6.45) is 2.12. The molecule has 1 aromatic rings. The molecular weight excluding hydrogens is 234 g/mol.